The van der Waals surface area contributed by atoms with Crippen LogP contribution in [0.1, 0.15) is 31.2 Å². The molecule has 188 valence electrons. The Kier molecular flexibility index (Phi) is 6.98. The van der Waals surface area contributed by atoms with Crippen LogP contribution in [0.2, 0.25) is 0 Å². The summed E-state index contributed by atoms with van der Waals surface area (Å²) >= 11 is 0. The summed E-state index contributed by atoms with van der Waals surface area (Å²) in [6.45, 7) is -0.256. The lowest BCUT2D eigenvalue weighted by Gasteiger charge is -2.15. The lowest BCUT2D eigenvalue weighted by molar-refractivity contribution is -0.121. The zero-order valence-corrected chi connectivity index (χ0v) is 20.4. The van der Waals surface area contributed by atoms with E-state index in [1.165, 1.54) is 4.57 Å². The molecule has 0 aliphatic heterocycles. The van der Waals surface area contributed by atoms with E-state index in [4.69, 9.17) is 0 Å². The number of benzene rings is 3. The SMILES string of the molecule is O=C(Cn1c(=O)n(-c2ccc(CC(=O)NC3CCCC3)cc2)c(=O)c2ccccc21)Nc1ccccc1. The maximum atomic E-state index is 13.5. The van der Waals surface area contributed by atoms with Crippen molar-refractivity contribution in [1.82, 2.24) is 14.5 Å². The molecule has 0 bridgehead atoms. The summed E-state index contributed by atoms with van der Waals surface area (Å²) < 4.78 is 2.37. The Morgan fingerprint density at radius 3 is 2.22 bits per heavy atom. The van der Waals surface area contributed by atoms with Gasteiger partial charge in [0.25, 0.3) is 5.56 Å². The molecule has 2 amide bonds. The molecular weight excluding hydrogens is 468 g/mol. The number of hydrogen-bond acceptors (Lipinski definition) is 4. The van der Waals surface area contributed by atoms with Crippen LogP contribution in [-0.2, 0) is 22.6 Å². The molecule has 1 heterocycles. The van der Waals surface area contributed by atoms with E-state index in [1.807, 2.05) is 6.07 Å². The highest BCUT2D eigenvalue weighted by molar-refractivity contribution is 5.91. The van der Waals surface area contributed by atoms with Gasteiger partial charge < -0.3 is 10.6 Å². The first kappa shape index (κ1) is 24.2. The van der Waals surface area contributed by atoms with Gasteiger partial charge in [-0.2, -0.15) is 0 Å². The summed E-state index contributed by atoms with van der Waals surface area (Å²) in [6, 6.07) is 22.8. The van der Waals surface area contributed by atoms with Crippen molar-refractivity contribution in [1.29, 1.82) is 0 Å². The van der Waals surface area contributed by atoms with Gasteiger partial charge in [-0.3, -0.25) is 19.0 Å². The Hall–Kier alpha value is -4.46. The Labute approximate surface area is 213 Å². The van der Waals surface area contributed by atoms with Crippen molar-refractivity contribution in [3.05, 3.63) is 105 Å². The van der Waals surface area contributed by atoms with E-state index in [-0.39, 0.29) is 30.8 Å². The third kappa shape index (κ3) is 5.38. The van der Waals surface area contributed by atoms with E-state index < -0.39 is 11.2 Å². The average molecular weight is 497 g/mol. The molecule has 0 atom stereocenters. The standard InChI is InChI=1S/C29H28N4O4/c34-26(30-21-10-4-5-11-21)18-20-14-16-23(17-15-20)33-28(36)24-12-6-7-13-25(24)32(29(33)37)19-27(35)31-22-8-2-1-3-9-22/h1-3,6-9,12-17,21H,4-5,10-11,18-19H2,(H,30,34)(H,31,35). The van der Waals surface area contributed by atoms with Gasteiger partial charge in [0.05, 0.1) is 23.0 Å². The number of amides is 2. The van der Waals surface area contributed by atoms with Crippen molar-refractivity contribution in [2.24, 2.45) is 0 Å². The van der Waals surface area contributed by atoms with E-state index in [9.17, 15) is 19.2 Å². The molecule has 3 aromatic carbocycles. The van der Waals surface area contributed by atoms with E-state index in [0.717, 1.165) is 35.8 Å². The van der Waals surface area contributed by atoms with Gasteiger partial charge in [0.1, 0.15) is 6.54 Å². The minimum Gasteiger partial charge on any atom is -0.353 e. The molecule has 2 N–H and O–H groups in total. The second-order valence-corrected chi connectivity index (χ2v) is 9.33. The Morgan fingerprint density at radius 1 is 0.811 bits per heavy atom. The third-order valence-corrected chi connectivity index (χ3v) is 6.69. The predicted molar refractivity (Wildman–Crippen MR) is 143 cm³/mol. The number of hydrogen-bond donors (Lipinski definition) is 2. The number of aromatic nitrogens is 2. The van der Waals surface area contributed by atoms with Crippen LogP contribution in [-0.4, -0.2) is 27.0 Å². The molecule has 1 aliphatic rings. The van der Waals surface area contributed by atoms with Gasteiger partial charge in [0, 0.05) is 11.7 Å². The molecule has 0 saturated heterocycles. The second-order valence-electron chi connectivity index (χ2n) is 9.33. The number of fused-ring (bicyclic) bond motifs is 1. The molecule has 0 spiro atoms. The fourth-order valence-corrected chi connectivity index (χ4v) is 4.86. The topological polar surface area (TPSA) is 102 Å². The molecule has 1 aromatic heterocycles. The van der Waals surface area contributed by atoms with Crippen LogP contribution in [0.15, 0.2) is 88.5 Å². The number of anilines is 1. The predicted octanol–water partition coefficient (Wildman–Crippen LogP) is 3.39. The Bertz CT molecular complexity index is 1550. The molecule has 0 radical (unpaired) electrons. The Morgan fingerprint density at radius 2 is 1.49 bits per heavy atom. The van der Waals surface area contributed by atoms with Crippen LogP contribution in [0, 0.1) is 0 Å². The number of nitrogens with zero attached hydrogens (tertiary/aromatic N) is 2. The molecule has 8 nitrogen and oxygen atoms in total. The largest absolute Gasteiger partial charge is 0.353 e. The first-order valence-corrected chi connectivity index (χ1v) is 12.5. The average Bonchev–Trinajstić information content (AvgIpc) is 3.41. The lowest BCUT2D eigenvalue weighted by Crippen LogP contribution is -2.40. The summed E-state index contributed by atoms with van der Waals surface area (Å²) in [5.41, 5.74) is 1.09. The fraction of sp³-hybridized carbons (Fsp3) is 0.241. The van der Waals surface area contributed by atoms with Crippen molar-refractivity contribution in [3.63, 3.8) is 0 Å². The summed E-state index contributed by atoms with van der Waals surface area (Å²) in [6.07, 6.45) is 4.56. The zero-order valence-electron chi connectivity index (χ0n) is 20.4. The highest BCUT2D eigenvalue weighted by Crippen LogP contribution is 2.18. The molecule has 8 heteroatoms. The highest BCUT2D eigenvalue weighted by atomic mass is 16.2. The Balaban J connectivity index is 1.44. The van der Waals surface area contributed by atoms with Gasteiger partial charge in [-0.25, -0.2) is 9.36 Å². The third-order valence-electron chi connectivity index (χ3n) is 6.69. The minimum absolute atomic E-state index is 0.0330. The smallest absolute Gasteiger partial charge is 0.336 e. The summed E-state index contributed by atoms with van der Waals surface area (Å²) in [5, 5.41) is 6.18. The molecule has 4 aromatic rings. The molecule has 1 saturated carbocycles. The lowest BCUT2D eigenvalue weighted by atomic mass is 10.1. The van der Waals surface area contributed by atoms with Crippen LogP contribution < -0.4 is 21.9 Å². The molecule has 1 fully saturated rings. The van der Waals surface area contributed by atoms with E-state index in [1.54, 1.807) is 72.8 Å². The molecule has 1 aliphatic carbocycles. The molecule has 37 heavy (non-hydrogen) atoms. The number of nitrogens with one attached hydrogen (secondary N) is 2. The first-order chi connectivity index (χ1) is 18.0. The number of rotatable bonds is 7. The normalized spacial score (nSPS) is 13.5. The quantitative estimate of drug-likeness (QED) is 0.409. The second kappa shape index (κ2) is 10.7. The number of carbonyl (C=O) groups excluding carboxylic acids is 2. The van der Waals surface area contributed by atoms with Crippen molar-refractivity contribution in [3.8, 4) is 5.69 Å². The van der Waals surface area contributed by atoms with Crippen LogP contribution in [0.3, 0.4) is 0 Å². The minimum atomic E-state index is -0.612. The molecule has 0 unspecified atom stereocenters. The van der Waals surface area contributed by atoms with Gasteiger partial charge >= 0.3 is 5.69 Å². The van der Waals surface area contributed by atoms with Crippen molar-refractivity contribution in [2.75, 3.05) is 5.32 Å². The zero-order chi connectivity index (χ0) is 25.8. The fourth-order valence-electron chi connectivity index (χ4n) is 4.86. The van der Waals surface area contributed by atoms with Crippen molar-refractivity contribution in [2.45, 2.75) is 44.7 Å². The van der Waals surface area contributed by atoms with Gasteiger partial charge in [-0.1, -0.05) is 55.3 Å². The number of carbonyl (C=O) groups is 2. The summed E-state index contributed by atoms with van der Waals surface area (Å²) in [4.78, 5) is 52.0. The van der Waals surface area contributed by atoms with Gasteiger partial charge in [0.2, 0.25) is 11.8 Å². The van der Waals surface area contributed by atoms with Crippen LogP contribution in [0.25, 0.3) is 16.6 Å². The van der Waals surface area contributed by atoms with Crippen molar-refractivity contribution >= 4 is 28.4 Å². The maximum Gasteiger partial charge on any atom is 0.336 e. The van der Waals surface area contributed by atoms with E-state index >= 15 is 0 Å². The highest BCUT2D eigenvalue weighted by Gasteiger charge is 2.18. The summed E-state index contributed by atoms with van der Waals surface area (Å²) in [5.74, 6) is -0.415. The molecular formula is C29H28N4O4. The molecule has 5 rings (SSSR count). The van der Waals surface area contributed by atoms with Gasteiger partial charge in [-0.05, 0) is 54.8 Å². The first-order valence-electron chi connectivity index (χ1n) is 12.5. The van der Waals surface area contributed by atoms with Crippen LogP contribution in [0.4, 0.5) is 5.69 Å². The van der Waals surface area contributed by atoms with E-state index in [2.05, 4.69) is 10.6 Å². The van der Waals surface area contributed by atoms with Crippen molar-refractivity contribution < 1.29 is 9.59 Å². The van der Waals surface area contributed by atoms with Crippen LogP contribution in [0.5, 0.6) is 0 Å². The number of para-hydroxylation sites is 2. The van der Waals surface area contributed by atoms with Gasteiger partial charge in [-0.15, -0.1) is 0 Å². The monoisotopic (exact) mass is 496 g/mol. The summed E-state index contributed by atoms with van der Waals surface area (Å²) in [7, 11) is 0. The van der Waals surface area contributed by atoms with E-state index in [0.29, 0.717) is 22.3 Å². The maximum absolute atomic E-state index is 13.5. The van der Waals surface area contributed by atoms with Gasteiger partial charge in [0.15, 0.2) is 0 Å². The van der Waals surface area contributed by atoms with Crippen LogP contribution >= 0.6 is 0 Å².